The van der Waals surface area contributed by atoms with E-state index in [2.05, 4.69) is 4.98 Å². The van der Waals surface area contributed by atoms with Gasteiger partial charge in [-0.15, -0.1) is 0 Å². The number of aromatic nitrogens is 2. The van der Waals surface area contributed by atoms with Crippen LogP contribution in [-0.4, -0.2) is 27.2 Å². The number of H-pyrrole nitrogens is 1. The van der Waals surface area contributed by atoms with E-state index in [0.717, 1.165) is 0 Å². The number of hydrogen-bond acceptors (Lipinski definition) is 3. The number of rotatable bonds is 3. The third-order valence-electron chi connectivity index (χ3n) is 2.23. The third-order valence-corrected chi connectivity index (χ3v) is 2.23. The summed E-state index contributed by atoms with van der Waals surface area (Å²) in [5, 5.41) is 8.52. The summed E-state index contributed by atoms with van der Waals surface area (Å²) in [6.07, 6.45) is 0. The number of para-hydroxylation sites is 1. The van der Waals surface area contributed by atoms with Crippen LogP contribution >= 0.6 is 0 Å². The van der Waals surface area contributed by atoms with E-state index in [9.17, 15) is 9.59 Å². The molecule has 0 aliphatic rings. The monoisotopic (exact) mass is 222 g/mol. The predicted octanol–water partition coefficient (Wildman–Crippen LogP) is 0.330. The van der Waals surface area contributed by atoms with Crippen molar-refractivity contribution in [3.05, 3.63) is 28.7 Å². The van der Waals surface area contributed by atoms with Gasteiger partial charge in [0.25, 0.3) is 0 Å². The van der Waals surface area contributed by atoms with Crippen molar-refractivity contribution >= 4 is 17.0 Å². The van der Waals surface area contributed by atoms with Crippen LogP contribution in [0.25, 0.3) is 11.0 Å². The summed E-state index contributed by atoms with van der Waals surface area (Å²) in [7, 11) is 1.59. The maximum absolute atomic E-state index is 11.4. The Labute approximate surface area is 90.1 Å². The number of carboxylic acids is 1. The van der Waals surface area contributed by atoms with Crippen molar-refractivity contribution < 1.29 is 14.6 Å². The van der Waals surface area contributed by atoms with E-state index in [1.54, 1.807) is 25.2 Å². The highest BCUT2D eigenvalue weighted by Gasteiger charge is 2.09. The average Bonchev–Trinajstić information content (AvgIpc) is 2.52. The first kappa shape index (κ1) is 10.3. The summed E-state index contributed by atoms with van der Waals surface area (Å²) in [5.41, 5.74) is 0.922. The fraction of sp³-hybridized carbons (Fsp3) is 0.200. The van der Waals surface area contributed by atoms with Crippen molar-refractivity contribution in [1.82, 2.24) is 9.55 Å². The van der Waals surface area contributed by atoms with Crippen molar-refractivity contribution in [2.45, 2.75) is 0 Å². The van der Waals surface area contributed by atoms with Gasteiger partial charge in [0.05, 0.1) is 5.52 Å². The maximum Gasteiger partial charge on any atom is 0.341 e. The molecule has 0 atom stereocenters. The second-order valence-electron chi connectivity index (χ2n) is 3.32. The molecule has 0 unspecified atom stereocenters. The lowest BCUT2D eigenvalue weighted by molar-refractivity contribution is -0.139. The van der Waals surface area contributed by atoms with Gasteiger partial charge in [0.2, 0.25) is 0 Å². The second kappa shape index (κ2) is 3.73. The fourth-order valence-electron chi connectivity index (χ4n) is 1.53. The summed E-state index contributed by atoms with van der Waals surface area (Å²) in [6.45, 7) is -0.432. The largest absolute Gasteiger partial charge is 0.480 e. The Bertz CT molecular complexity index is 596. The molecule has 84 valence electrons. The van der Waals surface area contributed by atoms with Crippen molar-refractivity contribution in [1.29, 1.82) is 0 Å². The van der Waals surface area contributed by atoms with Gasteiger partial charge in [-0.05, 0) is 12.1 Å². The summed E-state index contributed by atoms with van der Waals surface area (Å²) in [5.74, 6) is -0.682. The number of carbonyl (C=O) groups is 1. The van der Waals surface area contributed by atoms with Crippen molar-refractivity contribution in [3.8, 4) is 5.75 Å². The van der Waals surface area contributed by atoms with E-state index in [0.29, 0.717) is 16.8 Å². The summed E-state index contributed by atoms with van der Waals surface area (Å²) in [4.78, 5) is 24.4. The van der Waals surface area contributed by atoms with Crippen LogP contribution in [0.2, 0.25) is 0 Å². The van der Waals surface area contributed by atoms with Crippen molar-refractivity contribution in [3.63, 3.8) is 0 Å². The van der Waals surface area contributed by atoms with E-state index in [-0.39, 0.29) is 5.69 Å². The van der Waals surface area contributed by atoms with Gasteiger partial charge in [-0.25, -0.2) is 9.59 Å². The lowest BCUT2D eigenvalue weighted by Crippen LogP contribution is -2.13. The number of imidazole rings is 1. The molecule has 0 saturated carbocycles. The van der Waals surface area contributed by atoms with Crippen LogP contribution in [0.15, 0.2) is 23.0 Å². The first-order chi connectivity index (χ1) is 7.59. The molecule has 2 rings (SSSR count). The quantitative estimate of drug-likeness (QED) is 0.783. The molecule has 0 spiro atoms. The zero-order valence-corrected chi connectivity index (χ0v) is 8.56. The molecule has 6 heteroatoms. The van der Waals surface area contributed by atoms with Gasteiger partial charge in [-0.1, -0.05) is 6.07 Å². The Morgan fingerprint density at radius 1 is 1.56 bits per heavy atom. The number of ether oxygens (including phenoxy) is 1. The van der Waals surface area contributed by atoms with Crippen molar-refractivity contribution in [2.75, 3.05) is 6.61 Å². The summed E-state index contributed by atoms with van der Waals surface area (Å²) >= 11 is 0. The van der Waals surface area contributed by atoms with Gasteiger partial charge >= 0.3 is 11.7 Å². The Balaban J connectivity index is 2.52. The zero-order valence-electron chi connectivity index (χ0n) is 8.56. The number of fused-ring (bicyclic) bond motifs is 1. The molecule has 6 nitrogen and oxygen atoms in total. The Morgan fingerprint density at radius 2 is 2.31 bits per heavy atom. The fourth-order valence-corrected chi connectivity index (χ4v) is 1.53. The maximum atomic E-state index is 11.4. The van der Waals surface area contributed by atoms with Gasteiger partial charge < -0.3 is 14.8 Å². The van der Waals surface area contributed by atoms with Crippen LogP contribution in [-0.2, 0) is 11.8 Å². The van der Waals surface area contributed by atoms with Crippen LogP contribution in [0.5, 0.6) is 5.75 Å². The highest BCUT2D eigenvalue weighted by Crippen LogP contribution is 2.22. The number of hydrogen-bond donors (Lipinski definition) is 2. The second-order valence-corrected chi connectivity index (χ2v) is 3.32. The first-order valence-corrected chi connectivity index (χ1v) is 4.62. The molecule has 16 heavy (non-hydrogen) atoms. The highest BCUT2D eigenvalue weighted by molar-refractivity contribution is 5.82. The molecule has 1 aromatic carbocycles. The predicted molar refractivity (Wildman–Crippen MR) is 56.7 cm³/mol. The molecular weight excluding hydrogens is 212 g/mol. The molecule has 0 saturated heterocycles. The number of benzene rings is 1. The highest BCUT2D eigenvalue weighted by atomic mass is 16.5. The minimum atomic E-state index is -1.06. The van der Waals surface area contributed by atoms with Crippen LogP contribution in [0.1, 0.15) is 0 Å². The van der Waals surface area contributed by atoms with Gasteiger partial charge in [-0.3, -0.25) is 4.57 Å². The number of carboxylic acid groups (broad SMARTS) is 1. The van der Waals surface area contributed by atoms with Gasteiger partial charge in [0.1, 0.15) is 11.3 Å². The topological polar surface area (TPSA) is 84.3 Å². The number of aryl methyl sites for hydroxylation is 1. The normalized spacial score (nSPS) is 10.6. The van der Waals surface area contributed by atoms with E-state index in [1.165, 1.54) is 4.57 Å². The molecule has 2 aromatic rings. The standard InChI is InChI=1S/C10H10N2O4/c1-12-9-6(11-10(12)15)3-2-4-7(9)16-5-8(13)14/h2-4H,5H2,1H3,(H,11,15)(H,13,14). The summed E-state index contributed by atoms with van der Waals surface area (Å²) in [6, 6.07) is 5.04. The minimum absolute atomic E-state index is 0.263. The van der Waals surface area contributed by atoms with E-state index in [1.807, 2.05) is 0 Å². The molecular formula is C10H10N2O4. The molecule has 2 N–H and O–H groups in total. The van der Waals surface area contributed by atoms with Crippen LogP contribution in [0.4, 0.5) is 0 Å². The molecule has 0 amide bonds. The lowest BCUT2D eigenvalue weighted by Gasteiger charge is -2.05. The molecule has 1 aromatic heterocycles. The van der Waals surface area contributed by atoms with Gasteiger partial charge in [0.15, 0.2) is 6.61 Å². The molecule has 0 radical (unpaired) electrons. The molecule has 0 bridgehead atoms. The molecule has 0 aliphatic heterocycles. The number of nitrogens with zero attached hydrogens (tertiary/aromatic N) is 1. The molecule has 0 fully saturated rings. The Kier molecular flexibility index (Phi) is 2.40. The van der Waals surface area contributed by atoms with Crippen molar-refractivity contribution in [2.24, 2.45) is 7.05 Å². The molecule has 1 heterocycles. The first-order valence-electron chi connectivity index (χ1n) is 4.62. The number of aliphatic carboxylic acids is 1. The van der Waals surface area contributed by atoms with E-state index < -0.39 is 12.6 Å². The number of aromatic amines is 1. The minimum Gasteiger partial charge on any atom is -0.480 e. The van der Waals surface area contributed by atoms with E-state index >= 15 is 0 Å². The Hall–Kier alpha value is -2.24. The average molecular weight is 222 g/mol. The van der Waals surface area contributed by atoms with Crippen LogP contribution in [0, 0.1) is 0 Å². The zero-order chi connectivity index (χ0) is 11.7. The van der Waals surface area contributed by atoms with Crippen LogP contribution in [0.3, 0.4) is 0 Å². The van der Waals surface area contributed by atoms with Gasteiger partial charge in [-0.2, -0.15) is 0 Å². The smallest absolute Gasteiger partial charge is 0.341 e. The SMILES string of the molecule is Cn1c(=O)[nH]c2cccc(OCC(=O)O)c21. The number of nitrogens with one attached hydrogen (secondary N) is 1. The third kappa shape index (κ3) is 1.65. The lowest BCUT2D eigenvalue weighted by atomic mass is 10.3. The van der Waals surface area contributed by atoms with E-state index in [4.69, 9.17) is 9.84 Å². The van der Waals surface area contributed by atoms with Gasteiger partial charge in [0, 0.05) is 7.05 Å². The van der Waals surface area contributed by atoms with Crippen LogP contribution < -0.4 is 10.4 Å². The Morgan fingerprint density at radius 3 is 3.00 bits per heavy atom. The summed E-state index contributed by atoms with van der Waals surface area (Å²) < 4.78 is 6.48. The molecule has 0 aliphatic carbocycles.